The summed E-state index contributed by atoms with van der Waals surface area (Å²) in [5, 5.41) is 4.37. The first-order valence-electron chi connectivity index (χ1n) is 10.1. The van der Waals surface area contributed by atoms with Crippen LogP contribution in [-0.4, -0.2) is 11.6 Å². The first-order valence-corrected chi connectivity index (χ1v) is 10.9. The molecule has 1 N–H and O–H groups in total. The number of carbonyl (C=O) groups is 1. The number of aryl methyl sites for hydroxylation is 2. The maximum absolute atomic E-state index is 13.1. The van der Waals surface area contributed by atoms with Gasteiger partial charge in [-0.1, -0.05) is 87.7 Å². The number of carbonyl (C=O) groups excluding carboxylic acids is 1. The van der Waals surface area contributed by atoms with Crippen LogP contribution in [0.2, 0.25) is 0 Å². The van der Waals surface area contributed by atoms with E-state index < -0.39 is 0 Å². The molecule has 1 saturated carbocycles. The van der Waals surface area contributed by atoms with Crippen LogP contribution < -0.4 is 5.43 Å². The zero-order valence-electron chi connectivity index (χ0n) is 17.4. The number of nitrogens with one attached hydrogen (secondary N) is 1. The lowest BCUT2D eigenvalue weighted by Gasteiger charge is -2.19. The van der Waals surface area contributed by atoms with Crippen LogP contribution in [0.5, 0.6) is 0 Å². The highest BCUT2D eigenvalue weighted by Crippen LogP contribution is 2.59. The molecule has 0 saturated heterocycles. The van der Waals surface area contributed by atoms with E-state index in [0.29, 0.717) is 0 Å². The normalized spacial score (nSPS) is 17.5. The van der Waals surface area contributed by atoms with Gasteiger partial charge < -0.3 is 0 Å². The predicted octanol–water partition coefficient (Wildman–Crippen LogP) is 5.91. The van der Waals surface area contributed by atoms with E-state index in [1.807, 2.05) is 31.2 Å². The Morgan fingerprint density at radius 1 is 0.967 bits per heavy atom. The molecule has 0 aliphatic heterocycles. The summed E-state index contributed by atoms with van der Waals surface area (Å²) in [6, 6.07) is 25.0. The smallest absolute Gasteiger partial charge is 0.244 e. The van der Waals surface area contributed by atoms with Crippen LogP contribution in [0.15, 0.2) is 82.4 Å². The van der Waals surface area contributed by atoms with Crippen molar-refractivity contribution in [3.8, 4) is 0 Å². The van der Waals surface area contributed by atoms with Crippen molar-refractivity contribution < 1.29 is 4.79 Å². The Labute approximate surface area is 186 Å². The molecule has 4 heteroatoms. The molecule has 0 radical (unpaired) electrons. The van der Waals surface area contributed by atoms with E-state index in [2.05, 4.69) is 88.8 Å². The Kier molecular flexibility index (Phi) is 5.61. The molecular formula is C26H25BrN2O. The molecular weight excluding hydrogens is 436 g/mol. The third kappa shape index (κ3) is 3.97. The summed E-state index contributed by atoms with van der Waals surface area (Å²) in [6.45, 7) is 6.07. The number of halogens is 1. The molecule has 1 amide bonds. The largest absolute Gasteiger partial charge is 0.273 e. The molecule has 4 rings (SSSR count). The molecule has 3 nitrogen and oxygen atoms in total. The Balaban J connectivity index is 1.60. The summed E-state index contributed by atoms with van der Waals surface area (Å²) in [6.07, 6.45) is 0.788. The Bertz CT molecular complexity index is 1060. The summed E-state index contributed by atoms with van der Waals surface area (Å²) < 4.78 is 0.987. The van der Waals surface area contributed by atoms with E-state index in [9.17, 15) is 4.79 Å². The Morgan fingerprint density at radius 3 is 2.07 bits per heavy atom. The van der Waals surface area contributed by atoms with Crippen LogP contribution in [0.3, 0.4) is 0 Å². The molecule has 1 fully saturated rings. The monoisotopic (exact) mass is 460 g/mol. The van der Waals surface area contributed by atoms with Gasteiger partial charge in [-0.3, -0.25) is 4.79 Å². The predicted molar refractivity (Wildman–Crippen MR) is 126 cm³/mol. The Hall–Kier alpha value is -2.72. The summed E-state index contributed by atoms with van der Waals surface area (Å²) >= 11 is 3.48. The average molecular weight is 461 g/mol. The molecule has 30 heavy (non-hydrogen) atoms. The molecule has 1 atom stereocenters. The average Bonchev–Trinajstić information content (AvgIpc) is 3.49. The first-order chi connectivity index (χ1) is 14.4. The van der Waals surface area contributed by atoms with Gasteiger partial charge in [-0.2, -0.15) is 5.10 Å². The molecule has 1 unspecified atom stereocenters. The van der Waals surface area contributed by atoms with Crippen molar-refractivity contribution in [2.75, 3.05) is 0 Å². The van der Waals surface area contributed by atoms with Gasteiger partial charge in [0.05, 0.1) is 11.6 Å². The van der Waals surface area contributed by atoms with Crippen LogP contribution in [-0.2, 0) is 10.2 Å². The van der Waals surface area contributed by atoms with Crippen molar-refractivity contribution in [2.24, 2.45) is 11.0 Å². The lowest BCUT2D eigenvalue weighted by atomic mass is 9.85. The van der Waals surface area contributed by atoms with E-state index in [1.165, 1.54) is 22.3 Å². The van der Waals surface area contributed by atoms with Gasteiger partial charge in [-0.25, -0.2) is 5.43 Å². The molecule has 3 aromatic rings. The van der Waals surface area contributed by atoms with Crippen LogP contribution in [0.25, 0.3) is 0 Å². The van der Waals surface area contributed by atoms with Crippen LogP contribution in [0.1, 0.15) is 41.2 Å². The number of hydrazone groups is 1. The second-order valence-corrected chi connectivity index (χ2v) is 9.06. The molecule has 1 aliphatic rings. The molecule has 1 aliphatic carbocycles. The second kappa shape index (κ2) is 8.19. The van der Waals surface area contributed by atoms with Gasteiger partial charge in [0.15, 0.2) is 0 Å². The quantitative estimate of drug-likeness (QED) is 0.372. The minimum absolute atomic E-state index is 0.0366. The number of hydrogen-bond donors (Lipinski definition) is 1. The fourth-order valence-corrected chi connectivity index (χ4v) is 4.48. The van der Waals surface area contributed by atoms with Gasteiger partial charge in [0, 0.05) is 9.89 Å². The van der Waals surface area contributed by atoms with Crippen molar-refractivity contribution >= 4 is 27.5 Å². The lowest BCUT2D eigenvalue weighted by molar-refractivity contribution is -0.122. The lowest BCUT2D eigenvalue weighted by Crippen LogP contribution is -2.26. The first kappa shape index (κ1) is 20.5. The standard InChI is InChI=1S/C26H25BrN2O/c1-17-7-11-21(12-8-17)26(22-13-9-18(2)10-14-22)16-24(26)25(30)29-28-19(3)20-5-4-6-23(27)15-20/h4-15,24H,16H2,1-3H3,(H,29,30). The number of amides is 1. The molecule has 0 bridgehead atoms. The molecule has 3 aromatic carbocycles. The van der Waals surface area contributed by atoms with Gasteiger partial charge >= 0.3 is 0 Å². The second-order valence-electron chi connectivity index (χ2n) is 8.14. The van der Waals surface area contributed by atoms with E-state index in [4.69, 9.17) is 0 Å². The molecule has 0 spiro atoms. The third-order valence-corrected chi connectivity index (χ3v) is 6.48. The maximum Gasteiger partial charge on any atom is 0.244 e. The highest BCUT2D eigenvalue weighted by atomic mass is 79.9. The van der Waals surface area contributed by atoms with Gasteiger partial charge in [0.1, 0.15) is 0 Å². The van der Waals surface area contributed by atoms with Crippen molar-refractivity contribution in [1.29, 1.82) is 0 Å². The summed E-state index contributed by atoms with van der Waals surface area (Å²) in [5.41, 5.74) is 9.08. The van der Waals surface area contributed by atoms with Crippen molar-refractivity contribution in [2.45, 2.75) is 32.6 Å². The minimum Gasteiger partial charge on any atom is -0.273 e. The van der Waals surface area contributed by atoms with Crippen molar-refractivity contribution in [3.63, 3.8) is 0 Å². The summed E-state index contributed by atoms with van der Waals surface area (Å²) in [7, 11) is 0. The SMILES string of the molecule is CC(=NNC(=O)C1CC1(c1ccc(C)cc1)c1ccc(C)cc1)c1cccc(Br)c1. The fourth-order valence-electron chi connectivity index (χ4n) is 4.08. The number of nitrogens with zero attached hydrogens (tertiary/aromatic N) is 1. The van der Waals surface area contributed by atoms with Gasteiger partial charge in [0.2, 0.25) is 5.91 Å². The van der Waals surface area contributed by atoms with Crippen LogP contribution >= 0.6 is 15.9 Å². The number of benzene rings is 3. The topological polar surface area (TPSA) is 41.5 Å². The minimum atomic E-state index is -0.287. The zero-order chi connectivity index (χ0) is 21.3. The Morgan fingerprint density at radius 2 is 1.53 bits per heavy atom. The van der Waals surface area contributed by atoms with Crippen molar-refractivity contribution in [3.05, 3.63) is 105 Å². The van der Waals surface area contributed by atoms with E-state index in [-0.39, 0.29) is 17.2 Å². The molecule has 0 aromatic heterocycles. The molecule has 152 valence electrons. The zero-order valence-corrected chi connectivity index (χ0v) is 19.0. The van der Waals surface area contributed by atoms with Crippen molar-refractivity contribution in [1.82, 2.24) is 5.43 Å². The maximum atomic E-state index is 13.1. The van der Waals surface area contributed by atoms with Gasteiger partial charge in [-0.15, -0.1) is 0 Å². The fraction of sp³-hybridized carbons (Fsp3) is 0.231. The van der Waals surface area contributed by atoms with E-state index in [0.717, 1.165) is 22.2 Å². The van der Waals surface area contributed by atoms with Crippen LogP contribution in [0, 0.1) is 19.8 Å². The third-order valence-electron chi connectivity index (χ3n) is 5.99. The molecule has 0 heterocycles. The number of rotatable bonds is 5. The number of hydrogen-bond acceptors (Lipinski definition) is 2. The van der Waals surface area contributed by atoms with Gasteiger partial charge in [0.25, 0.3) is 0 Å². The highest BCUT2D eigenvalue weighted by Gasteiger charge is 2.60. The van der Waals surface area contributed by atoms with Crippen LogP contribution in [0.4, 0.5) is 0 Å². The van der Waals surface area contributed by atoms with E-state index >= 15 is 0 Å². The highest BCUT2D eigenvalue weighted by molar-refractivity contribution is 9.10. The van der Waals surface area contributed by atoms with E-state index in [1.54, 1.807) is 0 Å². The summed E-state index contributed by atoms with van der Waals surface area (Å²) in [4.78, 5) is 13.1. The summed E-state index contributed by atoms with van der Waals surface area (Å²) in [5.74, 6) is -0.174. The van der Waals surface area contributed by atoms with Gasteiger partial charge in [-0.05, 0) is 56.0 Å².